The van der Waals surface area contributed by atoms with Gasteiger partial charge in [-0.3, -0.25) is 14.4 Å². The summed E-state index contributed by atoms with van der Waals surface area (Å²) in [6, 6.07) is 16.0. The maximum Gasteiger partial charge on any atom is 0.143 e. The van der Waals surface area contributed by atoms with Gasteiger partial charge >= 0.3 is 0 Å². The molecule has 2 aromatic carbocycles. The average Bonchev–Trinajstić information content (AvgIpc) is 3.07. The van der Waals surface area contributed by atoms with Gasteiger partial charge in [0.2, 0.25) is 0 Å². The maximum absolute atomic E-state index is 6.30. The Morgan fingerprint density at radius 1 is 0.966 bits per heavy atom. The van der Waals surface area contributed by atoms with Crippen LogP contribution in [0.2, 0.25) is 5.02 Å². The number of aryl methyl sites for hydroxylation is 2. The molecule has 3 aromatic heterocycles. The third-order valence-corrected chi connectivity index (χ3v) is 5.19. The lowest BCUT2D eigenvalue weighted by atomic mass is 10.1. The number of para-hydroxylation sites is 1. The van der Waals surface area contributed by atoms with Crippen LogP contribution in [0.15, 0.2) is 67.1 Å². The Labute approximate surface area is 173 Å². The van der Waals surface area contributed by atoms with E-state index in [0.717, 1.165) is 45.0 Å². The molecule has 0 bridgehead atoms. The van der Waals surface area contributed by atoms with Gasteiger partial charge in [0, 0.05) is 29.8 Å². The number of benzene rings is 2. The quantitative estimate of drug-likeness (QED) is 0.406. The molecule has 3 heterocycles. The predicted octanol–water partition coefficient (Wildman–Crippen LogP) is 5.96. The Morgan fingerprint density at radius 2 is 1.83 bits per heavy atom. The molecule has 0 saturated carbocycles. The van der Waals surface area contributed by atoms with E-state index in [9.17, 15) is 0 Å². The smallest absolute Gasteiger partial charge is 0.143 e. The van der Waals surface area contributed by atoms with Gasteiger partial charge in [-0.1, -0.05) is 41.4 Å². The van der Waals surface area contributed by atoms with Gasteiger partial charge in [-0.05, 0) is 43.7 Å². The van der Waals surface area contributed by atoms with Crippen LogP contribution in [0.1, 0.15) is 11.1 Å². The molecule has 0 aliphatic heterocycles. The molecule has 0 radical (unpaired) electrons. The maximum atomic E-state index is 6.30. The van der Waals surface area contributed by atoms with Gasteiger partial charge in [0.15, 0.2) is 0 Å². The van der Waals surface area contributed by atoms with E-state index in [1.165, 1.54) is 5.56 Å². The second kappa shape index (κ2) is 6.87. The first-order chi connectivity index (χ1) is 14.1. The van der Waals surface area contributed by atoms with Crippen molar-refractivity contribution >= 4 is 39.8 Å². The highest BCUT2D eigenvalue weighted by Crippen LogP contribution is 2.35. The Hall–Kier alpha value is -3.44. The number of nitrogens with one attached hydrogen (secondary N) is 1. The van der Waals surface area contributed by atoms with Crippen molar-refractivity contribution in [1.29, 1.82) is 0 Å². The van der Waals surface area contributed by atoms with E-state index in [1.54, 1.807) is 12.4 Å². The standard InChI is InChI=1S/C23H18ClN5/c1-14-6-8-18(15(2)12-14)27-23-22(28-20-9-7-16(24)13-29(20)23)17-4-3-5-19-21(17)26-11-10-25-19/h3-13,27H,1-2H3. The molecule has 0 fully saturated rings. The van der Waals surface area contributed by atoms with Crippen LogP contribution in [0.3, 0.4) is 0 Å². The molecule has 0 aliphatic rings. The van der Waals surface area contributed by atoms with Crippen LogP contribution >= 0.6 is 11.6 Å². The zero-order valence-electron chi connectivity index (χ0n) is 16.0. The second-order valence-corrected chi connectivity index (χ2v) is 7.49. The first kappa shape index (κ1) is 17.6. The molecule has 0 unspecified atom stereocenters. The molecule has 1 N–H and O–H groups in total. The topological polar surface area (TPSA) is 55.1 Å². The van der Waals surface area contributed by atoms with Gasteiger partial charge in [0.05, 0.1) is 16.1 Å². The Bertz CT molecular complexity index is 1370. The first-order valence-electron chi connectivity index (χ1n) is 9.32. The van der Waals surface area contributed by atoms with Crippen molar-refractivity contribution in [2.45, 2.75) is 13.8 Å². The van der Waals surface area contributed by atoms with Gasteiger partial charge in [-0.2, -0.15) is 0 Å². The molecule has 5 aromatic rings. The lowest BCUT2D eigenvalue weighted by Gasteiger charge is -2.13. The van der Waals surface area contributed by atoms with Crippen LogP contribution in [0.25, 0.3) is 27.9 Å². The summed E-state index contributed by atoms with van der Waals surface area (Å²) < 4.78 is 1.98. The molecule has 0 amide bonds. The molecule has 6 heteroatoms. The minimum atomic E-state index is 0.642. The van der Waals surface area contributed by atoms with Crippen molar-refractivity contribution < 1.29 is 0 Å². The minimum absolute atomic E-state index is 0.642. The third-order valence-electron chi connectivity index (χ3n) is 4.97. The van der Waals surface area contributed by atoms with Gasteiger partial charge in [-0.15, -0.1) is 0 Å². The van der Waals surface area contributed by atoms with Crippen molar-refractivity contribution in [3.63, 3.8) is 0 Å². The van der Waals surface area contributed by atoms with Crippen molar-refractivity contribution in [3.8, 4) is 11.3 Å². The minimum Gasteiger partial charge on any atom is -0.339 e. The van der Waals surface area contributed by atoms with Crippen molar-refractivity contribution in [3.05, 3.63) is 83.3 Å². The van der Waals surface area contributed by atoms with Crippen LogP contribution < -0.4 is 5.32 Å². The largest absolute Gasteiger partial charge is 0.339 e. The van der Waals surface area contributed by atoms with Crippen LogP contribution in [-0.2, 0) is 0 Å². The third kappa shape index (κ3) is 3.09. The second-order valence-electron chi connectivity index (χ2n) is 7.06. The van der Waals surface area contributed by atoms with E-state index in [-0.39, 0.29) is 0 Å². The monoisotopic (exact) mass is 399 g/mol. The summed E-state index contributed by atoms with van der Waals surface area (Å²) in [5.74, 6) is 0.840. The molecular formula is C23H18ClN5. The Balaban J connectivity index is 1.78. The van der Waals surface area contributed by atoms with E-state index in [1.807, 2.05) is 40.9 Å². The van der Waals surface area contributed by atoms with E-state index in [0.29, 0.717) is 5.02 Å². The summed E-state index contributed by atoms with van der Waals surface area (Å²) in [7, 11) is 0. The molecule has 5 rings (SSSR count). The predicted molar refractivity (Wildman–Crippen MR) is 118 cm³/mol. The number of hydrogen-bond donors (Lipinski definition) is 1. The highest BCUT2D eigenvalue weighted by Gasteiger charge is 2.18. The zero-order chi connectivity index (χ0) is 20.0. The fourth-order valence-electron chi connectivity index (χ4n) is 3.59. The summed E-state index contributed by atoms with van der Waals surface area (Å²) >= 11 is 6.30. The highest BCUT2D eigenvalue weighted by atomic mass is 35.5. The van der Waals surface area contributed by atoms with Crippen molar-refractivity contribution in [2.24, 2.45) is 0 Å². The lowest BCUT2D eigenvalue weighted by molar-refractivity contribution is 1.18. The van der Waals surface area contributed by atoms with Gasteiger partial charge in [-0.25, -0.2) is 4.98 Å². The fraction of sp³-hybridized carbons (Fsp3) is 0.0870. The van der Waals surface area contributed by atoms with Crippen molar-refractivity contribution in [1.82, 2.24) is 19.4 Å². The normalized spacial score (nSPS) is 11.3. The number of aromatic nitrogens is 4. The molecular weight excluding hydrogens is 382 g/mol. The van der Waals surface area contributed by atoms with Crippen LogP contribution in [-0.4, -0.2) is 19.4 Å². The molecule has 5 nitrogen and oxygen atoms in total. The van der Waals surface area contributed by atoms with Gasteiger partial charge < -0.3 is 5.32 Å². The molecule has 0 aliphatic carbocycles. The fourth-order valence-corrected chi connectivity index (χ4v) is 3.75. The van der Waals surface area contributed by atoms with Crippen LogP contribution in [0.5, 0.6) is 0 Å². The number of halogens is 1. The highest BCUT2D eigenvalue weighted by molar-refractivity contribution is 6.30. The molecule has 29 heavy (non-hydrogen) atoms. The van der Waals surface area contributed by atoms with E-state index in [4.69, 9.17) is 16.6 Å². The SMILES string of the molecule is Cc1ccc(Nc2c(-c3cccc4nccnc34)nc3ccc(Cl)cn23)c(C)c1. The number of fused-ring (bicyclic) bond motifs is 2. The molecule has 0 saturated heterocycles. The summed E-state index contributed by atoms with van der Waals surface area (Å²) in [6.45, 7) is 4.18. The van der Waals surface area contributed by atoms with Crippen LogP contribution in [0, 0.1) is 13.8 Å². The zero-order valence-corrected chi connectivity index (χ0v) is 16.8. The van der Waals surface area contributed by atoms with Crippen LogP contribution in [0.4, 0.5) is 11.5 Å². The first-order valence-corrected chi connectivity index (χ1v) is 9.70. The lowest BCUT2D eigenvalue weighted by Crippen LogP contribution is -1.99. The number of hydrogen-bond acceptors (Lipinski definition) is 4. The van der Waals surface area contributed by atoms with Crippen molar-refractivity contribution in [2.75, 3.05) is 5.32 Å². The molecule has 142 valence electrons. The number of anilines is 2. The van der Waals surface area contributed by atoms with E-state index in [2.05, 4.69) is 47.3 Å². The summed E-state index contributed by atoms with van der Waals surface area (Å²) in [4.78, 5) is 13.9. The van der Waals surface area contributed by atoms with E-state index >= 15 is 0 Å². The van der Waals surface area contributed by atoms with E-state index < -0.39 is 0 Å². The summed E-state index contributed by atoms with van der Waals surface area (Å²) in [5.41, 5.74) is 7.57. The number of nitrogens with zero attached hydrogens (tertiary/aromatic N) is 4. The van der Waals surface area contributed by atoms with Gasteiger partial charge in [0.1, 0.15) is 17.2 Å². The molecule has 0 atom stereocenters. The number of pyridine rings is 1. The summed E-state index contributed by atoms with van der Waals surface area (Å²) in [5, 5.41) is 4.22. The average molecular weight is 400 g/mol. The Kier molecular flexibility index (Phi) is 4.18. The molecule has 0 spiro atoms. The summed E-state index contributed by atoms with van der Waals surface area (Å²) in [6.07, 6.45) is 5.27. The van der Waals surface area contributed by atoms with Gasteiger partial charge in [0.25, 0.3) is 0 Å². The number of imidazole rings is 1. The number of rotatable bonds is 3. The Morgan fingerprint density at radius 3 is 2.69 bits per heavy atom.